The molecule has 1 aliphatic rings. The molecule has 1 unspecified atom stereocenters. The van der Waals surface area contributed by atoms with Gasteiger partial charge in [0.1, 0.15) is 0 Å². The van der Waals surface area contributed by atoms with Crippen LogP contribution in [0.25, 0.3) is 10.8 Å². The van der Waals surface area contributed by atoms with Crippen LogP contribution < -0.4 is 5.73 Å². The van der Waals surface area contributed by atoms with Crippen molar-refractivity contribution in [3.8, 4) is 0 Å². The number of rotatable bonds is 3. The van der Waals surface area contributed by atoms with E-state index in [-0.39, 0.29) is 16.5 Å². The first-order valence-electron chi connectivity index (χ1n) is 6.46. The second kappa shape index (κ2) is 4.90. The highest BCUT2D eigenvalue weighted by molar-refractivity contribution is 8.06. The highest BCUT2D eigenvalue weighted by atomic mass is 32.3. The third kappa shape index (κ3) is 2.21. The topological polar surface area (TPSA) is 189 Å². The molecule has 0 fully saturated rings. The summed E-state index contributed by atoms with van der Waals surface area (Å²) in [5, 5.41) is -2.74. The van der Waals surface area contributed by atoms with Crippen molar-refractivity contribution in [1.29, 1.82) is 0 Å². The van der Waals surface area contributed by atoms with Crippen molar-refractivity contribution in [1.82, 2.24) is 0 Å². The van der Waals surface area contributed by atoms with Crippen LogP contribution in [-0.4, -0.2) is 38.9 Å². The molecule has 136 valence electrons. The number of benzene rings is 2. The molecule has 0 heterocycles. The molecule has 0 amide bonds. The smallest absolute Gasteiger partial charge is 0.294 e. The van der Waals surface area contributed by atoms with E-state index in [9.17, 15) is 38.9 Å². The lowest BCUT2D eigenvalue weighted by atomic mass is 10.0. The van der Waals surface area contributed by atoms with Gasteiger partial charge in [0.15, 0.2) is 5.25 Å². The molecule has 3 rings (SSSR count). The molecule has 0 aromatic heterocycles. The van der Waals surface area contributed by atoms with Crippen LogP contribution in [0.2, 0.25) is 0 Å². The molecule has 2 aromatic rings. The number of nitrogen functional groups attached to an aromatic ring is 1. The maximum Gasteiger partial charge on any atom is 0.294 e. The summed E-state index contributed by atoms with van der Waals surface area (Å²) in [7, 11) is -17.0. The van der Waals surface area contributed by atoms with Crippen molar-refractivity contribution in [3.05, 3.63) is 41.5 Å². The molecule has 1 atom stereocenters. The Morgan fingerprint density at radius 1 is 0.920 bits per heavy atom. The highest BCUT2D eigenvalue weighted by Gasteiger charge is 2.70. The minimum atomic E-state index is -5.80. The van der Waals surface area contributed by atoms with Crippen molar-refractivity contribution in [2.45, 2.75) is 9.33 Å². The third-order valence-corrected chi connectivity index (χ3v) is 9.31. The summed E-state index contributed by atoms with van der Waals surface area (Å²) in [5.41, 5.74) is 4.42. The largest absolute Gasteiger partial charge is 0.399 e. The normalized spacial score (nSPS) is 20.0. The standard InChI is InChI=1S/C12H11NO9S3/c13-7-4-6-2-1-3-9-10(6)8(5-7)11(23(14,15)16)12(9,24(17,18)19)25(20,21)22/h1-5,11H,13H2,(H,14,15,16)(H,17,18,19)(H,20,21,22). The summed E-state index contributed by atoms with van der Waals surface area (Å²) in [5.74, 6) is 0. The Balaban J connectivity index is 2.73. The zero-order valence-electron chi connectivity index (χ0n) is 12.1. The fourth-order valence-corrected chi connectivity index (χ4v) is 8.61. The zero-order chi connectivity index (χ0) is 19.0. The number of nitrogens with two attached hydrogens (primary N) is 1. The Labute approximate surface area is 142 Å². The van der Waals surface area contributed by atoms with Gasteiger partial charge in [-0.3, -0.25) is 13.7 Å². The van der Waals surface area contributed by atoms with E-state index < -0.39 is 50.8 Å². The van der Waals surface area contributed by atoms with E-state index in [1.165, 1.54) is 18.2 Å². The van der Waals surface area contributed by atoms with Gasteiger partial charge in [-0.25, -0.2) is 0 Å². The molecule has 0 saturated carbocycles. The second-order valence-electron chi connectivity index (χ2n) is 5.53. The lowest BCUT2D eigenvalue weighted by Crippen LogP contribution is -2.48. The first-order valence-corrected chi connectivity index (χ1v) is 10.8. The Hall–Kier alpha value is -1.77. The highest BCUT2D eigenvalue weighted by Crippen LogP contribution is 2.58. The molecule has 2 aromatic carbocycles. The van der Waals surface area contributed by atoms with E-state index >= 15 is 0 Å². The first-order chi connectivity index (χ1) is 11.2. The fourth-order valence-electron chi connectivity index (χ4n) is 3.37. The van der Waals surface area contributed by atoms with E-state index in [1.807, 2.05) is 0 Å². The number of hydrogen-bond donors (Lipinski definition) is 4. The van der Waals surface area contributed by atoms with E-state index in [2.05, 4.69) is 0 Å². The minimum absolute atomic E-state index is 0.0465. The van der Waals surface area contributed by atoms with Crippen molar-refractivity contribution in [2.75, 3.05) is 5.73 Å². The summed E-state index contributed by atoms with van der Waals surface area (Å²) in [6.45, 7) is 0. The molecule has 10 nitrogen and oxygen atoms in total. The molecular formula is C12H11NO9S3. The monoisotopic (exact) mass is 409 g/mol. The predicted molar refractivity (Wildman–Crippen MR) is 87.4 cm³/mol. The molecule has 0 bridgehead atoms. The van der Waals surface area contributed by atoms with Gasteiger partial charge in [-0.05, 0) is 28.5 Å². The van der Waals surface area contributed by atoms with Crippen molar-refractivity contribution < 1.29 is 38.9 Å². The van der Waals surface area contributed by atoms with Gasteiger partial charge in [0, 0.05) is 11.3 Å². The van der Waals surface area contributed by atoms with Crippen LogP contribution in [0.5, 0.6) is 0 Å². The predicted octanol–water partition coefficient (Wildman–Crippen LogP) is 0.293. The van der Waals surface area contributed by atoms with Crippen LogP contribution in [0.4, 0.5) is 5.69 Å². The van der Waals surface area contributed by atoms with E-state index in [4.69, 9.17) is 5.73 Å². The van der Waals surface area contributed by atoms with E-state index in [0.717, 1.165) is 12.1 Å². The number of hydrogen-bond acceptors (Lipinski definition) is 7. The van der Waals surface area contributed by atoms with Gasteiger partial charge in [-0.1, -0.05) is 18.2 Å². The van der Waals surface area contributed by atoms with Crippen molar-refractivity contribution in [2.24, 2.45) is 0 Å². The van der Waals surface area contributed by atoms with Crippen LogP contribution in [0, 0.1) is 0 Å². The minimum Gasteiger partial charge on any atom is -0.399 e. The maximum atomic E-state index is 12.1. The average molecular weight is 409 g/mol. The van der Waals surface area contributed by atoms with Gasteiger partial charge >= 0.3 is 0 Å². The van der Waals surface area contributed by atoms with Crippen LogP contribution >= 0.6 is 0 Å². The molecule has 5 N–H and O–H groups in total. The lowest BCUT2D eigenvalue weighted by molar-refractivity contribution is 0.405. The fraction of sp³-hybridized carbons (Fsp3) is 0.167. The first kappa shape index (κ1) is 18.0. The summed E-state index contributed by atoms with van der Waals surface area (Å²) in [6, 6.07) is 5.78. The van der Waals surface area contributed by atoms with Crippen LogP contribution in [0.15, 0.2) is 30.3 Å². The Morgan fingerprint density at radius 3 is 1.96 bits per heavy atom. The van der Waals surface area contributed by atoms with Gasteiger partial charge < -0.3 is 5.73 Å². The SMILES string of the molecule is Nc1cc2c3c(cccc3c1)C(S(=O)(=O)O)(S(=O)(=O)O)C2S(=O)(=O)O. The van der Waals surface area contributed by atoms with Crippen LogP contribution in [0.1, 0.15) is 16.4 Å². The van der Waals surface area contributed by atoms with Gasteiger partial charge in [-0.15, -0.1) is 0 Å². The molecule has 0 radical (unpaired) electrons. The Bertz CT molecular complexity index is 1200. The molecule has 0 spiro atoms. The van der Waals surface area contributed by atoms with Gasteiger partial charge in [0.05, 0.1) is 0 Å². The summed E-state index contributed by atoms with van der Waals surface area (Å²) >= 11 is 0. The molecule has 1 aliphatic carbocycles. The Kier molecular flexibility index (Phi) is 3.53. The Morgan fingerprint density at radius 2 is 1.48 bits per heavy atom. The van der Waals surface area contributed by atoms with Crippen LogP contribution in [0.3, 0.4) is 0 Å². The summed E-state index contributed by atoms with van der Waals surface area (Å²) in [6.07, 6.45) is 0. The van der Waals surface area contributed by atoms with E-state index in [0.29, 0.717) is 0 Å². The third-order valence-electron chi connectivity index (χ3n) is 4.10. The lowest BCUT2D eigenvalue weighted by Gasteiger charge is -2.28. The summed E-state index contributed by atoms with van der Waals surface area (Å²) < 4.78 is 97.2. The van der Waals surface area contributed by atoms with Crippen molar-refractivity contribution in [3.63, 3.8) is 0 Å². The van der Waals surface area contributed by atoms with Gasteiger partial charge in [0.25, 0.3) is 34.4 Å². The van der Waals surface area contributed by atoms with Gasteiger partial charge in [-0.2, -0.15) is 25.3 Å². The molecule has 0 saturated heterocycles. The zero-order valence-corrected chi connectivity index (χ0v) is 14.5. The van der Waals surface area contributed by atoms with Crippen molar-refractivity contribution >= 4 is 46.8 Å². The molecule has 13 heteroatoms. The van der Waals surface area contributed by atoms with Crippen LogP contribution in [-0.2, 0) is 34.4 Å². The van der Waals surface area contributed by atoms with Gasteiger partial charge in [0.2, 0.25) is 0 Å². The van der Waals surface area contributed by atoms with E-state index in [1.54, 1.807) is 0 Å². The molecule has 25 heavy (non-hydrogen) atoms. The maximum absolute atomic E-state index is 12.1. The second-order valence-corrected chi connectivity index (χ2v) is 10.5. The average Bonchev–Trinajstić information content (AvgIpc) is 2.70. The molecular weight excluding hydrogens is 398 g/mol. The summed E-state index contributed by atoms with van der Waals surface area (Å²) in [4.78, 5) is 0. The number of anilines is 1. The molecule has 0 aliphatic heterocycles. The quantitative estimate of drug-likeness (QED) is 0.405.